The van der Waals surface area contributed by atoms with Gasteiger partial charge in [-0.2, -0.15) is 0 Å². The van der Waals surface area contributed by atoms with Crippen molar-refractivity contribution in [3.63, 3.8) is 0 Å². The number of aryl methyl sites for hydroxylation is 1. The summed E-state index contributed by atoms with van der Waals surface area (Å²) in [5.41, 5.74) is 2.89. The van der Waals surface area contributed by atoms with Crippen molar-refractivity contribution in [1.82, 2.24) is 0 Å². The van der Waals surface area contributed by atoms with Gasteiger partial charge in [0.05, 0.1) is 0 Å². The molecule has 5 heteroatoms. The van der Waals surface area contributed by atoms with Gasteiger partial charge in [0.15, 0.2) is 6.10 Å². The Kier molecular flexibility index (Phi) is 6.63. The molecule has 0 aliphatic carbocycles. The highest BCUT2D eigenvalue weighted by Gasteiger charge is 2.18. The molecule has 0 bridgehead atoms. The van der Waals surface area contributed by atoms with Gasteiger partial charge in [0.25, 0.3) is 11.8 Å². The number of hydrogen-bond acceptors (Lipinski definition) is 3. The Morgan fingerprint density at radius 1 is 0.862 bits per heavy atom. The second-order valence-electron chi connectivity index (χ2n) is 6.72. The van der Waals surface area contributed by atoms with Gasteiger partial charge in [-0.15, -0.1) is 0 Å². The van der Waals surface area contributed by atoms with Crippen molar-refractivity contribution in [2.24, 2.45) is 0 Å². The van der Waals surface area contributed by atoms with Crippen molar-refractivity contribution in [1.29, 1.82) is 0 Å². The van der Waals surface area contributed by atoms with E-state index in [9.17, 15) is 9.59 Å². The molecule has 2 amide bonds. The predicted octanol–water partition coefficient (Wildman–Crippen LogP) is 5.04. The molecule has 2 N–H and O–H groups in total. The van der Waals surface area contributed by atoms with Crippen LogP contribution in [0.2, 0.25) is 0 Å². The number of nitrogens with one attached hydrogen (secondary N) is 2. The van der Waals surface area contributed by atoms with Gasteiger partial charge in [0.1, 0.15) is 5.75 Å². The first kappa shape index (κ1) is 20.1. The molecule has 0 saturated heterocycles. The second kappa shape index (κ2) is 9.55. The minimum Gasteiger partial charge on any atom is -0.481 e. The van der Waals surface area contributed by atoms with Crippen molar-refractivity contribution >= 4 is 23.2 Å². The summed E-state index contributed by atoms with van der Waals surface area (Å²) < 4.78 is 5.82. The van der Waals surface area contributed by atoms with Crippen LogP contribution in [0.1, 0.15) is 29.3 Å². The highest BCUT2D eigenvalue weighted by atomic mass is 16.5. The molecule has 3 rings (SSSR count). The van der Waals surface area contributed by atoms with Crippen LogP contribution in [-0.2, 0) is 4.79 Å². The molecule has 3 aromatic carbocycles. The average Bonchev–Trinajstić information content (AvgIpc) is 2.74. The molecular formula is C24H24N2O3. The van der Waals surface area contributed by atoms with Gasteiger partial charge in [-0.25, -0.2) is 0 Å². The van der Waals surface area contributed by atoms with Gasteiger partial charge in [0, 0.05) is 16.9 Å². The fourth-order valence-electron chi connectivity index (χ4n) is 2.79. The van der Waals surface area contributed by atoms with E-state index in [0.29, 0.717) is 29.1 Å². The summed E-state index contributed by atoms with van der Waals surface area (Å²) >= 11 is 0. The molecule has 1 unspecified atom stereocenters. The fraction of sp³-hybridized carbons (Fsp3) is 0.167. The highest BCUT2D eigenvalue weighted by Crippen LogP contribution is 2.19. The van der Waals surface area contributed by atoms with Gasteiger partial charge in [0.2, 0.25) is 0 Å². The standard InChI is InChI=1S/C24H24N2O3/c1-3-22(29-21-14-12-17(2)13-15-21)24(28)26-20-11-7-10-19(16-20)25-23(27)18-8-5-4-6-9-18/h4-16,22H,3H2,1-2H3,(H,25,27)(H,26,28). The van der Waals surface area contributed by atoms with E-state index in [-0.39, 0.29) is 11.8 Å². The molecule has 3 aromatic rings. The Hall–Kier alpha value is -3.60. The highest BCUT2D eigenvalue weighted by molar-refractivity contribution is 6.04. The van der Waals surface area contributed by atoms with Crippen LogP contribution in [0.25, 0.3) is 0 Å². The molecule has 5 nitrogen and oxygen atoms in total. The van der Waals surface area contributed by atoms with E-state index in [1.54, 1.807) is 36.4 Å². The zero-order chi connectivity index (χ0) is 20.6. The van der Waals surface area contributed by atoms with Crippen molar-refractivity contribution < 1.29 is 14.3 Å². The molecule has 0 radical (unpaired) electrons. The largest absolute Gasteiger partial charge is 0.481 e. The van der Waals surface area contributed by atoms with E-state index < -0.39 is 6.10 Å². The summed E-state index contributed by atoms with van der Waals surface area (Å²) in [6, 6.07) is 23.6. The summed E-state index contributed by atoms with van der Waals surface area (Å²) in [6.45, 7) is 3.90. The van der Waals surface area contributed by atoms with Gasteiger partial charge in [-0.3, -0.25) is 9.59 Å². The van der Waals surface area contributed by atoms with E-state index in [4.69, 9.17) is 4.74 Å². The molecule has 1 atom stereocenters. The van der Waals surface area contributed by atoms with Crippen molar-refractivity contribution in [3.8, 4) is 5.75 Å². The predicted molar refractivity (Wildman–Crippen MR) is 115 cm³/mol. The number of ether oxygens (including phenoxy) is 1. The van der Waals surface area contributed by atoms with Crippen LogP contribution in [0.5, 0.6) is 5.75 Å². The molecule has 148 valence electrons. The molecule has 0 saturated carbocycles. The molecule has 0 aliphatic rings. The van der Waals surface area contributed by atoms with Crippen LogP contribution in [0.4, 0.5) is 11.4 Å². The summed E-state index contributed by atoms with van der Waals surface area (Å²) in [5, 5.41) is 5.70. The van der Waals surface area contributed by atoms with Gasteiger partial charge in [-0.1, -0.05) is 48.9 Å². The van der Waals surface area contributed by atoms with Crippen LogP contribution in [0.3, 0.4) is 0 Å². The number of benzene rings is 3. The van der Waals surface area contributed by atoms with Crippen LogP contribution in [0, 0.1) is 6.92 Å². The normalized spacial score (nSPS) is 11.4. The molecule has 0 aromatic heterocycles. The molecule has 0 aliphatic heterocycles. The van der Waals surface area contributed by atoms with Crippen LogP contribution >= 0.6 is 0 Å². The van der Waals surface area contributed by atoms with Crippen LogP contribution in [-0.4, -0.2) is 17.9 Å². The molecule has 0 spiro atoms. The molecule has 0 heterocycles. The van der Waals surface area contributed by atoms with Crippen molar-refractivity contribution in [2.75, 3.05) is 10.6 Å². The van der Waals surface area contributed by atoms with E-state index in [1.807, 2.05) is 56.3 Å². The summed E-state index contributed by atoms with van der Waals surface area (Å²) in [5.74, 6) is 0.212. The maximum absolute atomic E-state index is 12.6. The third kappa shape index (κ3) is 5.69. The lowest BCUT2D eigenvalue weighted by Crippen LogP contribution is -2.32. The Morgan fingerprint density at radius 2 is 1.52 bits per heavy atom. The molecule has 0 fully saturated rings. The number of carbonyl (C=O) groups excluding carboxylic acids is 2. The third-order valence-corrected chi connectivity index (χ3v) is 4.39. The maximum atomic E-state index is 12.6. The molecule has 29 heavy (non-hydrogen) atoms. The second-order valence-corrected chi connectivity index (χ2v) is 6.72. The number of rotatable bonds is 7. The summed E-state index contributed by atoms with van der Waals surface area (Å²) in [6.07, 6.45) is -0.0790. The van der Waals surface area contributed by atoms with Gasteiger partial charge < -0.3 is 15.4 Å². The van der Waals surface area contributed by atoms with E-state index in [2.05, 4.69) is 10.6 Å². The number of amides is 2. The Balaban J connectivity index is 1.64. The maximum Gasteiger partial charge on any atom is 0.265 e. The molecular weight excluding hydrogens is 364 g/mol. The Labute approximate surface area is 170 Å². The Bertz CT molecular complexity index is 969. The quantitative estimate of drug-likeness (QED) is 0.596. The first-order chi connectivity index (χ1) is 14.0. The number of anilines is 2. The van der Waals surface area contributed by atoms with E-state index in [1.165, 1.54) is 0 Å². The fourth-order valence-corrected chi connectivity index (χ4v) is 2.79. The topological polar surface area (TPSA) is 67.4 Å². The summed E-state index contributed by atoms with van der Waals surface area (Å²) in [4.78, 5) is 25.0. The first-order valence-electron chi connectivity index (χ1n) is 9.56. The van der Waals surface area contributed by atoms with E-state index in [0.717, 1.165) is 5.56 Å². The zero-order valence-electron chi connectivity index (χ0n) is 16.5. The zero-order valence-corrected chi connectivity index (χ0v) is 16.5. The number of carbonyl (C=O) groups is 2. The van der Waals surface area contributed by atoms with Gasteiger partial charge in [-0.05, 0) is 55.8 Å². The smallest absolute Gasteiger partial charge is 0.265 e. The van der Waals surface area contributed by atoms with Crippen molar-refractivity contribution in [3.05, 3.63) is 90.0 Å². The Morgan fingerprint density at radius 3 is 2.17 bits per heavy atom. The van der Waals surface area contributed by atoms with E-state index >= 15 is 0 Å². The minimum atomic E-state index is -0.611. The monoisotopic (exact) mass is 388 g/mol. The third-order valence-electron chi connectivity index (χ3n) is 4.39. The lowest BCUT2D eigenvalue weighted by molar-refractivity contribution is -0.122. The first-order valence-corrected chi connectivity index (χ1v) is 9.56. The average molecular weight is 388 g/mol. The number of hydrogen-bond donors (Lipinski definition) is 2. The minimum absolute atomic E-state index is 0.205. The van der Waals surface area contributed by atoms with Crippen molar-refractivity contribution in [2.45, 2.75) is 26.4 Å². The SMILES string of the molecule is CCC(Oc1ccc(C)cc1)C(=O)Nc1cccc(NC(=O)c2ccccc2)c1. The van der Waals surface area contributed by atoms with Crippen LogP contribution in [0.15, 0.2) is 78.9 Å². The van der Waals surface area contributed by atoms with Crippen LogP contribution < -0.4 is 15.4 Å². The lowest BCUT2D eigenvalue weighted by Gasteiger charge is -2.18. The van der Waals surface area contributed by atoms with Gasteiger partial charge >= 0.3 is 0 Å². The lowest BCUT2D eigenvalue weighted by atomic mass is 10.2. The summed E-state index contributed by atoms with van der Waals surface area (Å²) in [7, 11) is 0.